The Morgan fingerprint density at radius 1 is 0.853 bits per heavy atom. The number of fused-ring (bicyclic) bond motifs is 1. The first-order chi connectivity index (χ1) is 32.7. The number of unbranched alkanes of at least 4 members (excludes halogenated alkanes) is 1. The number of amides is 7. The molecule has 0 radical (unpaired) electrons. The Labute approximate surface area is 394 Å². The average molecular weight is 935 g/mol. The van der Waals surface area contributed by atoms with Gasteiger partial charge in [-0.25, -0.2) is 5.53 Å². The summed E-state index contributed by atoms with van der Waals surface area (Å²) in [4.78, 5) is 102. The molecule has 2 heterocycles. The van der Waals surface area contributed by atoms with Crippen LogP contribution in [-0.4, -0.2) is 101 Å². The van der Waals surface area contributed by atoms with Gasteiger partial charge in [-0.3, -0.25) is 38.5 Å². The zero-order chi connectivity index (χ0) is 49.2. The molecule has 4 aromatic rings. The molecule has 0 aliphatic carbocycles. The van der Waals surface area contributed by atoms with Gasteiger partial charge in [0.1, 0.15) is 36.0 Å². The zero-order valence-corrected chi connectivity index (χ0v) is 38.3. The molecule has 13 N–H and O–H groups in total. The molecule has 1 aliphatic heterocycles. The van der Waals surface area contributed by atoms with Crippen LogP contribution in [0.5, 0.6) is 5.75 Å². The first kappa shape index (κ1) is 51.4. The number of hydrogen-bond donors (Lipinski definition) is 11. The molecule has 0 bridgehead atoms. The maximum atomic E-state index is 14.5. The van der Waals surface area contributed by atoms with Crippen molar-refractivity contribution in [2.24, 2.45) is 16.6 Å². The lowest BCUT2D eigenvalue weighted by atomic mass is 10.0. The molecule has 7 amide bonds. The number of phenolic OH excluding ortho intramolecular Hbond substituents is 1. The van der Waals surface area contributed by atoms with Crippen molar-refractivity contribution in [1.82, 2.24) is 36.9 Å². The van der Waals surface area contributed by atoms with E-state index in [4.69, 9.17) is 17.0 Å². The van der Waals surface area contributed by atoms with Gasteiger partial charge in [0.15, 0.2) is 0 Å². The number of aromatic hydroxyl groups is 1. The second-order valence-electron chi connectivity index (χ2n) is 16.7. The molecule has 5 rings (SSSR count). The average Bonchev–Trinajstić information content (AvgIpc) is 3.72. The Morgan fingerprint density at radius 2 is 1.53 bits per heavy atom. The number of nitrogens with two attached hydrogens (primary N) is 2. The van der Waals surface area contributed by atoms with Gasteiger partial charge in [0.2, 0.25) is 41.4 Å². The predicted octanol–water partition coefficient (Wildman–Crippen LogP) is 2.09. The topological polar surface area (TPSA) is 319 Å². The quantitative estimate of drug-likeness (QED) is 0.0726. The lowest BCUT2D eigenvalue weighted by molar-refractivity contribution is -0.134. The highest BCUT2D eigenvalue weighted by molar-refractivity contribution is 6.03. The fourth-order valence-corrected chi connectivity index (χ4v) is 8.02. The van der Waals surface area contributed by atoms with Crippen molar-refractivity contribution < 1.29 is 38.7 Å². The van der Waals surface area contributed by atoms with E-state index in [2.05, 4.69) is 42.0 Å². The summed E-state index contributed by atoms with van der Waals surface area (Å²) in [5, 5.41) is 31.0. The van der Waals surface area contributed by atoms with Crippen LogP contribution in [0.1, 0.15) is 68.6 Å². The van der Waals surface area contributed by atoms with Crippen molar-refractivity contribution in [3.05, 3.63) is 108 Å². The third-order valence-electron chi connectivity index (χ3n) is 11.6. The molecule has 0 saturated heterocycles. The number of carbonyl (C=O) groups is 7. The SMILES string of the molecule is CC(=O)NC1C/C(N=N)=C/NCCCC[C@H](C(N)=O)N(c2ccccc2C)C(=O)CNC(=O)[C@H](Cc2ccc(O)cc2)NC(=O)C(CCCCN)NC(=O)[C@H](Cc2c[nH]c3ccccc23)NC1=O. The number of primary amides is 1. The van der Waals surface area contributed by atoms with Crippen LogP contribution in [0.4, 0.5) is 5.69 Å². The van der Waals surface area contributed by atoms with Gasteiger partial charge in [0.25, 0.3) is 0 Å². The fraction of sp³-hybridized carbons (Fsp3) is 0.396. The summed E-state index contributed by atoms with van der Waals surface area (Å²) in [5.41, 5.74) is 22.8. The van der Waals surface area contributed by atoms with E-state index < -0.39 is 78.1 Å². The Bertz CT molecular complexity index is 2460. The van der Waals surface area contributed by atoms with Crippen molar-refractivity contribution in [1.29, 1.82) is 5.53 Å². The Kier molecular flexibility index (Phi) is 19.1. The van der Waals surface area contributed by atoms with E-state index in [1.807, 2.05) is 24.3 Å². The summed E-state index contributed by atoms with van der Waals surface area (Å²) in [6, 6.07) is 14.0. The lowest BCUT2D eigenvalue weighted by Crippen LogP contribution is -2.59. The molecule has 3 aromatic carbocycles. The standard InChI is InChI=1S/C48H62N12O8/c1-29-11-3-6-15-41(29)60-42(44(50)64)16-8-10-22-52-27-33(59-51)25-40(55-30(2)61)48(68)58-39(24-32-26-53-36-13-5-4-12-35(32)36)47(67)56-37(14-7-9-21-49)46(66)57-38(45(65)54-28-43(60)63)23-31-17-19-34(62)20-18-31/h3-6,11-13,15,17-20,26-27,37-40,42,51-53,62H,7-10,14,16,21-25,28,49H2,1-2H3,(H2,50,64)(H,54,65)(H,55,61)(H,56,67)(H,57,66)(H,58,68)/b33-27-,59-51?/t37?,38-,39-,40?,42+/m0/s1. The van der Waals surface area contributed by atoms with Crippen LogP contribution < -0.4 is 48.3 Å². The molecule has 20 nitrogen and oxygen atoms in total. The van der Waals surface area contributed by atoms with Gasteiger partial charge in [0.05, 0.1) is 12.2 Å². The van der Waals surface area contributed by atoms with E-state index in [0.717, 1.165) is 10.9 Å². The number of H-pyrrole nitrogens is 1. The molecule has 1 aliphatic rings. The van der Waals surface area contributed by atoms with Gasteiger partial charge in [-0.1, -0.05) is 48.5 Å². The number of carbonyl (C=O) groups excluding carboxylic acids is 7. The van der Waals surface area contributed by atoms with Crippen LogP contribution in [0.15, 0.2) is 96.0 Å². The van der Waals surface area contributed by atoms with Crippen molar-refractivity contribution in [2.45, 2.75) is 102 Å². The number of benzene rings is 3. The number of rotatable bonds is 12. The summed E-state index contributed by atoms with van der Waals surface area (Å²) < 4.78 is 0. The molecule has 5 atom stereocenters. The third-order valence-corrected chi connectivity index (χ3v) is 11.6. The molecular weight excluding hydrogens is 873 g/mol. The summed E-state index contributed by atoms with van der Waals surface area (Å²) >= 11 is 0. The highest BCUT2D eigenvalue weighted by atomic mass is 16.3. The van der Waals surface area contributed by atoms with Gasteiger partial charge in [-0.2, -0.15) is 5.11 Å². The smallest absolute Gasteiger partial charge is 0.247 e. The van der Waals surface area contributed by atoms with Crippen molar-refractivity contribution in [2.75, 3.05) is 24.5 Å². The number of anilines is 1. The molecule has 1 aromatic heterocycles. The number of nitrogens with zero attached hydrogens (tertiary/aromatic N) is 2. The summed E-state index contributed by atoms with van der Waals surface area (Å²) in [7, 11) is 0. The van der Waals surface area contributed by atoms with E-state index >= 15 is 0 Å². The monoisotopic (exact) mass is 934 g/mol. The van der Waals surface area contributed by atoms with Crippen LogP contribution in [0.3, 0.4) is 0 Å². The van der Waals surface area contributed by atoms with E-state index in [1.165, 1.54) is 30.2 Å². The number of para-hydroxylation sites is 2. The minimum atomic E-state index is -1.32. The predicted molar refractivity (Wildman–Crippen MR) is 254 cm³/mol. The van der Waals surface area contributed by atoms with Crippen molar-refractivity contribution >= 4 is 57.9 Å². The molecule has 362 valence electrons. The largest absolute Gasteiger partial charge is 0.508 e. The number of hydrogen-bond acceptors (Lipinski definition) is 12. The van der Waals surface area contributed by atoms with Crippen LogP contribution in [-0.2, 0) is 46.4 Å². The van der Waals surface area contributed by atoms with Gasteiger partial charge < -0.3 is 53.5 Å². The Morgan fingerprint density at radius 3 is 2.24 bits per heavy atom. The lowest BCUT2D eigenvalue weighted by Gasteiger charge is -2.31. The van der Waals surface area contributed by atoms with Crippen LogP contribution in [0, 0.1) is 12.5 Å². The van der Waals surface area contributed by atoms with Crippen LogP contribution in [0.2, 0.25) is 0 Å². The number of aromatic amines is 1. The molecule has 20 heteroatoms. The van der Waals surface area contributed by atoms with Gasteiger partial charge in [-0.05, 0) is 92.9 Å². The Hall–Kier alpha value is -7.61. The first-order valence-corrected chi connectivity index (χ1v) is 22.6. The molecule has 2 unspecified atom stereocenters. The maximum Gasteiger partial charge on any atom is 0.247 e. The van der Waals surface area contributed by atoms with Gasteiger partial charge in [0, 0.05) is 61.7 Å². The van der Waals surface area contributed by atoms with Crippen LogP contribution in [0.25, 0.3) is 10.9 Å². The highest BCUT2D eigenvalue weighted by Gasteiger charge is 2.34. The molecule has 0 saturated carbocycles. The second kappa shape index (κ2) is 25.3. The normalized spacial score (nSPS) is 21.7. The minimum absolute atomic E-state index is 0.0261. The number of nitrogens with one attached hydrogen (secondary N) is 8. The fourth-order valence-electron chi connectivity index (χ4n) is 8.02. The van der Waals surface area contributed by atoms with Gasteiger partial charge in [-0.15, -0.1) is 0 Å². The van der Waals surface area contributed by atoms with Gasteiger partial charge >= 0.3 is 0 Å². The van der Waals surface area contributed by atoms with E-state index in [0.29, 0.717) is 61.2 Å². The first-order valence-electron chi connectivity index (χ1n) is 22.6. The summed E-state index contributed by atoms with van der Waals surface area (Å²) in [6.45, 7) is 3.02. The minimum Gasteiger partial charge on any atom is -0.508 e. The zero-order valence-electron chi connectivity index (χ0n) is 38.3. The molecule has 68 heavy (non-hydrogen) atoms. The Balaban J connectivity index is 1.55. The molecule has 0 spiro atoms. The maximum absolute atomic E-state index is 14.5. The molecular formula is C48H62N12O8. The molecule has 0 fully saturated rings. The van der Waals surface area contributed by atoms with E-state index in [9.17, 15) is 38.7 Å². The van der Waals surface area contributed by atoms with E-state index in [1.54, 1.807) is 49.5 Å². The second-order valence-corrected chi connectivity index (χ2v) is 16.7. The summed E-state index contributed by atoms with van der Waals surface area (Å²) in [6.07, 6.45) is 4.72. The van der Waals surface area contributed by atoms with Crippen molar-refractivity contribution in [3.8, 4) is 5.75 Å². The third kappa shape index (κ3) is 14.7. The highest BCUT2D eigenvalue weighted by Crippen LogP contribution is 2.25. The van der Waals surface area contributed by atoms with E-state index in [-0.39, 0.29) is 43.6 Å². The number of aryl methyl sites for hydroxylation is 1. The van der Waals surface area contributed by atoms with Crippen molar-refractivity contribution in [3.63, 3.8) is 0 Å². The number of phenols is 1. The van der Waals surface area contributed by atoms with Crippen LogP contribution >= 0.6 is 0 Å². The number of aromatic nitrogens is 1. The summed E-state index contributed by atoms with van der Waals surface area (Å²) in [5.74, 6) is -5.02.